The van der Waals surface area contributed by atoms with Gasteiger partial charge in [-0.25, -0.2) is 0 Å². The van der Waals surface area contributed by atoms with Gasteiger partial charge < -0.3 is 12.4 Å². The fourth-order valence-electron chi connectivity index (χ4n) is 0.716. The van der Waals surface area contributed by atoms with Gasteiger partial charge in [0.25, 0.3) is 0 Å². The maximum absolute atomic E-state index is 3.12. The fraction of sp³-hybridized carbons (Fsp3) is 0.800. The number of likely N-dealkylation sites (N-methyl/N-ethyl adjacent to an activating group) is 1. The molecule has 0 aromatic heterocycles. The van der Waals surface area contributed by atoms with Crippen LogP contribution in [0.4, 0.5) is 0 Å². The molecule has 0 aromatic rings. The zero-order valence-electron chi connectivity index (χ0n) is 5.02. The van der Waals surface area contributed by atoms with Crippen LogP contribution in [0.3, 0.4) is 0 Å². The fourth-order valence-corrected chi connectivity index (χ4v) is 0.716. The molecule has 1 N–H and O–H groups in total. The summed E-state index contributed by atoms with van der Waals surface area (Å²) in [6, 6.07) is 0. The molecule has 0 radical (unpaired) electrons. The molecule has 0 atom stereocenters. The van der Waals surface area contributed by atoms with Gasteiger partial charge in [0.05, 0.1) is 6.54 Å². The highest BCUT2D eigenvalue weighted by Gasteiger charge is 2.03. The minimum absolute atomic E-state index is 0. The molecule has 0 unspecified atom stereocenters. The minimum atomic E-state index is 0. The lowest BCUT2D eigenvalue weighted by molar-refractivity contribution is -0.509. The number of nitrogens with zero attached hydrogens (tertiary/aromatic N) is 1. The van der Waals surface area contributed by atoms with Crippen molar-refractivity contribution in [2.45, 2.75) is 6.92 Å². The van der Waals surface area contributed by atoms with Crippen molar-refractivity contribution in [3.8, 4) is 0 Å². The van der Waals surface area contributed by atoms with E-state index in [0.717, 1.165) is 13.1 Å². The van der Waals surface area contributed by atoms with E-state index in [1.54, 1.807) is 0 Å². The smallest absolute Gasteiger partial charge is 0.232 e. The third-order valence-corrected chi connectivity index (χ3v) is 1.22. The van der Waals surface area contributed by atoms with Gasteiger partial charge in [0, 0.05) is 0 Å². The lowest BCUT2D eigenvalue weighted by atomic mass is 10.6. The van der Waals surface area contributed by atoms with Gasteiger partial charge in [-0.2, -0.15) is 0 Å². The molecule has 0 spiro atoms. The van der Waals surface area contributed by atoms with E-state index >= 15 is 0 Å². The van der Waals surface area contributed by atoms with Gasteiger partial charge in [-0.15, -0.1) is 0 Å². The van der Waals surface area contributed by atoms with E-state index < -0.39 is 0 Å². The summed E-state index contributed by atoms with van der Waals surface area (Å²) in [6.45, 7) is 5.58. The van der Waals surface area contributed by atoms with Crippen LogP contribution in [0, 0.1) is 0 Å². The van der Waals surface area contributed by atoms with Crippen LogP contribution in [0.15, 0.2) is 0 Å². The zero-order valence-corrected chi connectivity index (χ0v) is 5.78. The highest BCUT2D eigenvalue weighted by molar-refractivity contribution is 5.49. The van der Waals surface area contributed by atoms with E-state index in [0.29, 0.717) is 0 Å². The van der Waals surface area contributed by atoms with Crippen LogP contribution in [-0.2, 0) is 0 Å². The van der Waals surface area contributed by atoms with Crippen molar-refractivity contribution in [1.29, 1.82) is 0 Å². The first kappa shape index (κ1) is 7.76. The summed E-state index contributed by atoms with van der Waals surface area (Å²) in [5.41, 5.74) is 0. The first-order valence-corrected chi connectivity index (χ1v) is 2.74. The topological polar surface area (TPSA) is 15.0 Å². The number of rotatable bonds is 1. The normalized spacial score (nSPS) is 16.4. The Morgan fingerprint density at radius 3 is 2.75 bits per heavy atom. The molecule has 0 saturated carbocycles. The molecule has 0 bridgehead atoms. The molecular weight excluding hydrogens is 124 g/mol. The molecule has 48 valence electrons. The molecule has 3 heteroatoms. The lowest BCUT2D eigenvalue weighted by Gasteiger charge is -1.87. The van der Waals surface area contributed by atoms with E-state index in [1.807, 2.05) is 6.34 Å². The van der Waals surface area contributed by atoms with Gasteiger partial charge in [-0.1, -0.05) is 0 Å². The predicted molar refractivity (Wildman–Crippen MR) is 29.7 cm³/mol. The summed E-state index contributed by atoms with van der Waals surface area (Å²) in [5, 5.41) is 3.12. The third-order valence-electron chi connectivity index (χ3n) is 1.22. The molecule has 0 fully saturated rings. The number of hydrogen-bond donors (Lipinski definition) is 1. The second kappa shape index (κ2) is 3.72. The summed E-state index contributed by atoms with van der Waals surface area (Å²) in [7, 11) is 0. The van der Waals surface area contributed by atoms with Crippen LogP contribution in [0.5, 0.6) is 0 Å². The SMILES string of the molecule is CC[N+]1=CNCC1.[Cl-]. The van der Waals surface area contributed by atoms with Gasteiger partial charge >= 0.3 is 0 Å². The molecule has 1 aliphatic heterocycles. The molecule has 0 saturated heterocycles. The summed E-state index contributed by atoms with van der Waals surface area (Å²) < 4.78 is 2.25. The molecule has 0 aromatic carbocycles. The molecule has 0 aliphatic carbocycles. The average molecular weight is 135 g/mol. The monoisotopic (exact) mass is 134 g/mol. The van der Waals surface area contributed by atoms with Crippen LogP contribution >= 0.6 is 0 Å². The van der Waals surface area contributed by atoms with Crippen molar-refractivity contribution in [3.63, 3.8) is 0 Å². The van der Waals surface area contributed by atoms with Crippen molar-refractivity contribution < 1.29 is 17.0 Å². The second-order valence-electron chi connectivity index (χ2n) is 1.71. The Balaban J connectivity index is 0.000000490. The predicted octanol–water partition coefficient (Wildman–Crippen LogP) is -3.35. The van der Waals surface area contributed by atoms with Crippen molar-refractivity contribution in [1.82, 2.24) is 5.32 Å². The highest BCUT2D eigenvalue weighted by Crippen LogP contribution is 1.75. The van der Waals surface area contributed by atoms with Gasteiger partial charge in [-0.05, 0) is 6.92 Å². The van der Waals surface area contributed by atoms with E-state index in [4.69, 9.17) is 0 Å². The van der Waals surface area contributed by atoms with Gasteiger partial charge in [0.15, 0.2) is 0 Å². The first-order valence-electron chi connectivity index (χ1n) is 2.74. The number of hydrogen-bond acceptors (Lipinski definition) is 1. The lowest BCUT2D eigenvalue weighted by Crippen LogP contribution is -3.00. The van der Waals surface area contributed by atoms with Gasteiger partial charge in [0.1, 0.15) is 13.1 Å². The van der Waals surface area contributed by atoms with Crippen LogP contribution in [0.25, 0.3) is 0 Å². The molecule has 2 nitrogen and oxygen atoms in total. The first-order chi connectivity index (χ1) is 3.43. The van der Waals surface area contributed by atoms with Gasteiger partial charge in [-0.3, -0.25) is 9.89 Å². The van der Waals surface area contributed by atoms with Gasteiger partial charge in [0.2, 0.25) is 6.34 Å². The summed E-state index contributed by atoms with van der Waals surface area (Å²) in [6.07, 6.45) is 2.04. The average Bonchev–Trinajstić information content (AvgIpc) is 2.14. The maximum atomic E-state index is 3.12. The molecule has 0 amide bonds. The Bertz CT molecular complexity index is 90.4. The van der Waals surface area contributed by atoms with Crippen molar-refractivity contribution in [3.05, 3.63) is 0 Å². The summed E-state index contributed by atoms with van der Waals surface area (Å²) in [4.78, 5) is 0. The molecule has 1 rings (SSSR count). The minimum Gasteiger partial charge on any atom is -1.00 e. The Kier molecular flexibility index (Phi) is 3.61. The van der Waals surface area contributed by atoms with Crippen LogP contribution in [0.2, 0.25) is 0 Å². The molecule has 1 aliphatic rings. The van der Waals surface area contributed by atoms with Crippen LogP contribution < -0.4 is 17.7 Å². The third kappa shape index (κ3) is 1.70. The summed E-state index contributed by atoms with van der Waals surface area (Å²) >= 11 is 0. The molecule has 1 heterocycles. The van der Waals surface area contributed by atoms with E-state index in [-0.39, 0.29) is 12.4 Å². The molecule has 8 heavy (non-hydrogen) atoms. The second-order valence-corrected chi connectivity index (χ2v) is 1.71. The molecular formula is C5H11ClN2. The Morgan fingerprint density at radius 2 is 2.50 bits per heavy atom. The summed E-state index contributed by atoms with van der Waals surface area (Å²) in [5.74, 6) is 0. The highest BCUT2D eigenvalue weighted by atomic mass is 35.5. The number of halogens is 1. The largest absolute Gasteiger partial charge is 1.00 e. The Hall–Kier alpha value is -0.240. The quantitative estimate of drug-likeness (QED) is 0.371. The van der Waals surface area contributed by atoms with Crippen molar-refractivity contribution >= 4 is 6.34 Å². The standard InChI is InChI=1S/C5H10N2.ClH/c1-2-7-4-3-6-5-7;/h5H,2-4H2,1H3;1H. The van der Waals surface area contributed by atoms with Crippen LogP contribution in [0.1, 0.15) is 6.92 Å². The Labute approximate surface area is 56.0 Å². The van der Waals surface area contributed by atoms with Crippen molar-refractivity contribution in [2.24, 2.45) is 0 Å². The maximum Gasteiger partial charge on any atom is 0.232 e. The zero-order chi connectivity index (χ0) is 5.11. The number of nitrogens with one attached hydrogen (secondary N) is 1. The Morgan fingerprint density at radius 1 is 1.75 bits per heavy atom. The van der Waals surface area contributed by atoms with E-state index in [2.05, 4.69) is 16.8 Å². The van der Waals surface area contributed by atoms with E-state index in [1.165, 1.54) is 6.54 Å². The van der Waals surface area contributed by atoms with Crippen molar-refractivity contribution in [2.75, 3.05) is 19.6 Å². The van der Waals surface area contributed by atoms with Crippen LogP contribution in [-0.4, -0.2) is 30.5 Å². The van der Waals surface area contributed by atoms with E-state index in [9.17, 15) is 0 Å².